The number of aryl methyl sites for hydroxylation is 1. The Bertz CT molecular complexity index is 988. The molecule has 1 fully saturated rings. The van der Waals surface area contributed by atoms with Gasteiger partial charge in [-0.2, -0.15) is 0 Å². The van der Waals surface area contributed by atoms with Crippen LogP contribution in [0.4, 0.5) is 0 Å². The highest BCUT2D eigenvalue weighted by molar-refractivity contribution is 7.89. The van der Waals surface area contributed by atoms with Gasteiger partial charge in [0, 0.05) is 12.8 Å². The monoisotopic (exact) mass is 512 g/mol. The smallest absolute Gasteiger partial charge is 0.305 e. The molecule has 196 valence electrons. The van der Waals surface area contributed by atoms with Crippen molar-refractivity contribution in [1.29, 1.82) is 0 Å². The lowest BCUT2D eigenvalue weighted by Crippen LogP contribution is -2.63. The molecule has 1 aliphatic rings. The predicted octanol–water partition coefficient (Wildman–Crippen LogP) is 2.23. The number of esters is 2. The zero-order valence-corrected chi connectivity index (χ0v) is 21.9. The second-order valence-corrected chi connectivity index (χ2v) is 11.1. The van der Waals surface area contributed by atoms with E-state index in [1.165, 1.54) is 26.2 Å². The van der Waals surface area contributed by atoms with Crippen LogP contribution in [0.1, 0.15) is 39.7 Å². The van der Waals surface area contributed by atoms with Gasteiger partial charge in [0.15, 0.2) is 6.29 Å². The minimum atomic E-state index is -3.94. The van der Waals surface area contributed by atoms with E-state index in [1.807, 2.05) is 27.7 Å². The minimum Gasteiger partial charge on any atom is -0.469 e. The number of nitrogens with one attached hydrogen (secondary N) is 2. The largest absolute Gasteiger partial charge is 0.469 e. The Morgan fingerprint density at radius 1 is 1.20 bits per heavy atom. The molecule has 1 aliphatic heterocycles. The maximum absolute atomic E-state index is 12.9. The molecule has 0 radical (unpaired) electrons. The van der Waals surface area contributed by atoms with Gasteiger partial charge in [-0.15, -0.1) is 11.4 Å². The first-order chi connectivity index (χ1) is 16.3. The van der Waals surface area contributed by atoms with Crippen LogP contribution in [-0.2, 0) is 38.6 Å². The maximum Gasteiger partial charge on any atom is 0.305 e. The standard InChI is InChI=1S/C24H36N2O8S/c1-8-18-19(13-21(28)31-7)22(25-26-35(29,30)17-11-9-15(2)10-12-17)23(34-24(4,5)6)33-20(18)14-32-16(3)27/h8-12,18-20,22-23,25-26H,1,13-14H2,2-7H3/t18-,19+,20-,22-,23-/m1/s1. The first kappa shape index (κ1) is 28.9. The van der Waals surface area contributed by atoms with Gasteiger partial charge in [0.05, 0.1) is 30.1 Å². The number of ether oxygens (including phenoxy) is 4. The van der Waals surface area contributed by atoms with E-state index in [9.17, 15) is 18.0 Å². The quantitative estimate of drug-likeness (QED) is 0.275. The van der Waals surface area contributed by atoms with Crippen molar-refractivity contribution in [3.05, 3.63) is 42.5 Å². The van der Waals surface area contributed by atoms with E-state index in [2.05, 4.69) is 16.8 Å². The van der Waals surface area contributed by atoms with Crippen LogP contribution >= 0.6 is 0 Å². The molecule has 0 saturated carbocycles. The molecule has 0 amide bonds. The molecule has 0 spiro atoms. The van der Waals surface area contributed by atoms with E-state index < -0.39 is 57.8 Å². The SMILES string of the molecule is C=C[C@@H]1[C@H](CC(=O)OC)[C@@H](NNS(=O)(=O)c2ccc(C)cc2)[C@@H](OC(C)(C)C)O[C@@H]1COC(C)=O. The Hall–Kier alpha value is -2.31. The van der Waals surface area contributed by atoms with Crippen LogP contribution in [0.2, 0.25) is 0 Å². The lowest BCUT2D eigenvalue weighted by atomic mass is 9.77. The molecule has 35 heavy (non-hydrogen) atoms. The normalized spacial score (nSPS) is 25.0. The summed E-state index contributed by atoms with van der Waals surface area (Å²) in [6.45, 7) is 12.4. The molecule has 0 bridgehead atoms. The third kappa shape index (κ3) is 8.39. The molecular weight excluding hydrogens is 476 g/mol. The molecule has 1 aromatic rings. The number of hydrazine groups is 1. The van der Waals surface area contributed by atoms with E-state index in [4.69, 9.17) is 18.9 Å². The third-order valence-corrected chi connectivity index (χ3v) is 6.78. The zero-order valence-electron chi connectivity index (χ0n) is 21.1. The number of rotatable bonds is 10. The van der Waals surface area contributed by atoms with Gasteiger partial charge >= 0.3 is 11.9 Å². The number of sulfonamides is 1. The van der Waals surface area contributed by atoms with Gasteiger partial charge in [-0.3, -0.25) is 9.59 Å². The number of benzene rings is 1. The van der Waals surface area contributed by atoms with Gasteiger partial charge in [-0.1, -0.05) is 23.8 Å². The summed E-state index contributed by atoms with van der Waals surface area (Å²) < 4.78 is 48.2. The maximum atomic E-state index is 12.9. The second kappa shape index (κ2) is 12.1. The van der Waals surface area contributed by atoms with Crippen LogP contribution < -0.4 is 10.3 Å². The minimum absolute atomic E-state index is 0.0677. The van der Waals surface area contributed by atoms with E-state index in [-0.39, 0.29) is 17.9 Å². The van der Waals surface area contributed by atoms with Gasteiger partial charge in [0.1, 0.15) is 12.7 Å². The summed E-state index contributed by atoms with van der Waals surface area (Å²) in [4.78, 5) is 26.2. The molecule has 5 atom stereocenters. The van der Waals surface area contributed by atoms with E-state index in [0.29, 0.717) is 0 Å². The van der Waals surface area contributed by atoms with Crippen LogP contribution in [0, 0.1) is 18.8 Å². The Kier molecular flexibility index (Phi) is 9.99. The van der Waals surface area contributed by atoms with Gasteiger partial charge in [0.2, 0.25) is 0 Å². The molecule has 1 aromatic carbocycles. The van der Waals surface area contributed by atoms with E-state index in [1.54, 1.807) is 18.2 Å². The Morgan fingerprint density at radius 2 is 1.83 bits per heavy atom. The fourth-order valence-electron chi connectivity index (χ4n) is 3.83. The highest BCUT2D eigenvalue weighted by atomic mass is 32.2. The summed E-state index contributed by atoms with van der Waals surface area (Å²) in [5, 5.41) is 0. The number of hydrogen-bond donors (Lipinski definition) is 2. The number of methoxy groups -OCH3 is 1. The molecule has 2 N–H and O–H groups in total. The van der Waals surface area contributed by atoms with Crippen molar-refractivity contribution in [3.8, 4) is 0 Å². The molecule has 10 nitrogen and oxygen atoms in total. The number of carbonyl (C=O) groups excluding carboxylic acids is 2. The molecule has 2 rings (SSSR count). The van der Waals surface area contributed by atoms with Crippen molar-refractivity contribution in [2.45, 2.75) is 70.0 Å². The topological polar surface area (TPSA) is 129 Å². The highest BCUT2D eigenvalue weighted by Crippen LogP contribution is 2.36. The van der Waals surface area contributed by atoms with Crippen molar-refractivity contribution in [1.82, 2.24) is 10.3 Å². The predicted molar refractivity (Wildman–Crippen MR) is 128 cm³/mol. The van der Waals surface area contributed by atoms with Crippen molar-refractivity contribution in [2.24, 2.45) is 11.8 Å². The second-order valence-electron chi connectivity index (χ2n) is 9.42. The molecule has 0 unspecified atom stereocenters. The lowest BCUT2D eigenvalue weighted by molar-refractivity contribution is -0.272. The van der Waals surface area contributed by atoms with Gasteiger partial charge in [0.25, 0.3) is 10.0 Å². The fraction of sp³-hybridized carbons (Fsp3) is 0.583. The molecule has 0 aliphatic carbocycles. The van der Waals surface area contributed by atoms with Crippen LogP contribution in [0.15, 0.2) is 41.8 Å². The van der Waals surface area contributed by atoms with Gasteiger partial charge in [-0.25, -0.2) is 13.8 Å². The van der Waals surface area contributed by atoms with Crippen LogP contribution in [0.5, 0.6) is 0 Å². The van der Waals surface area contributed by atoms with Crippen molar-refractivity contribution < 1.29 is 37.0 Å². The molecular formula is C24H36N2O8S. The van der Waals surface area contributed by atoms with Crippen LogP contribution in [0.3, 0.4) is 0 Å². The summed E-state index contributed by atoms with van der Waals surface area (Å²) in [6, 6.07) is 5.56. The number of carbonyl (C=O) groups is 2. The summed E-state index contributed by atoms with van der Waals surface area (Å²) in [5.74, 6) is -2.05. The average molecular weight is 513 g/mol. The van der Waals surface area contributed by atoms with E-state index in [0.717, 1.165) is 5.56 Å². The number of hydrogen-bond acceptors (Lipinski definition) is 9. The summed E-state index contributed by atoms with van der Waals surface area (Å²) in [6.07, 6.45) is -0.161. The highest BCUT2D eigenvalue weighted by Gasteiger charge is 2.48. The lowest BCUT2D eigenvalue weighted by Gasteiger charge is -2.47. The Labute approximate surface area is 207 Å². The summed E-state index contributed by atoms with van der Waals surface area (Å²) in [5.41, 5.74) is 3.07. The molecule has 11 heteroatoms. The molecule has 0 aromatic heterocycles. The first-order valence-corrected chi connectivity index (χ1v) is 12.8. The van der Waals surface area contributed by atoms with Crippen LogP contribution in [-0.4, -0.2) is 58.1 Å². The summed E-state index contributed by atoms with van der Waals surface area (Å²) >= 11 is 0. The van der Waals surface area contributed by atoms with Gasteiger partial charge in [-0.05, 0) is 45.7 Å². The Morgan fingerprint density at radius 3 is 2.34 bits per heavy atom. The fourth-order valence-corrected chi connectivity index (χ4v) is 4.73. The van der Waals surface area contributed by atoms with Gasteiger partial charge < -0.3 is 18.9 Å². The zero-order chi connectivity index (χ0) is 26.4. The van der Waals surface area contributed by atoms with E-state index >= 15 is 0 Å². The van der Waals surface area contributed by atoms with Crippen molar-refractivity contribution >= 4 is 22.0 Å². The average Bonchev–Trinajstić information content (AvgIpc) is 2.76. The third-order valence-electron chi connectivity index (χ3n) is 5.50. The summed E-state index contributed by atoms with van der Waals surface area (Å²) in [7, 11) is -2.67. The molecule has 1 heterocycles. The van der Waals surface area contributed by atoms with Crippen LogP contribution in [0.25, 0.3) is 0 Å². The first-order valence-electron chi connectivity index (χ1n) is 11.3. The molecule has 1 saturated heterocycles. The van der Waals surface area contributed by atoms with Crippen molar-refractivity contribution in [3.63, 3.8) is 0 Å². The Balaban J connectivity index is 2.41. The van der Waals surface area contributed by atoms with Crippen molar-refractivity contribution in [2.75, 3.05) is 13.7 Å².